The molecular weight excluding hydrogens is 769 g/mol. The molecule has 0 unspecified atom stereocenters. The molecule has 6 heteroatoms. The number of hydrogen-bond donors (Lipinski definition) is 0. The van der Waals surface area contributed by atoms with Crippen LogP contribution in [0.2, 0.25) is 0 Å². The summed E-state index contributed by atoms with van der Waals surface area (Å²) in [6.45, 7) is 6.61. The number of allylic oxidation sites excluding steroid dienone is 6. The van der Waals surface area contributed by atoms with Crippen molar-refractivity contribution in [3.8, 4) is 0 Å². The fraction of sp³-hybridized carbons (Fsp3) is 0.839. The second-order valence-electron chi connectivity index (χ2n) is 18.1. The van der Waals surface area contributed by atoms with Gasteiger partial charge in [0.05, 0.1) is 0 Å². The van der Waals surface area contributed by atoms with E-state index >= 15 is 0 Å². The van der Waals surface area contributed by atoms with Crippen LogP contribution in [0.4, 0.5) is 0 Å². The Hall–Kier alpha value is -2.37. The van der Waals surface area contributed by atoms with Crippen molar-refractivity contribution in [2.75, 3.05) is 13.2 Å². The third kappa shape index (κ3) is 48.7. The normalized spacial score (nSPS) is 12.2. The Bertz CT molecular complexity index is 1050. The van der Waals surface area contributed by atoms with Crippen molar-refractivity contribution < 1.29 is 28.6 Å². The summed E-state index contributed by atoms with van der Waals surface area (Å²) in [6.07, 6.45) is 59.8. The SMILES string of the molecule is CCCCC/C=C\C/C=C\CCCCCCCC(=O)O[C@@H](COC(=O)CCCCCCC/C=C\CCCCCCCCC)COC(=O)CCCCCCCCCCCCCCC. The number of unbranched alkanes of at least 4 members (excludes halogenated alkanes) is 32. The van der Waals surface area contributed by atoms with Crippen LogP contribution in [0.3, 0.4) is 0 Å². The summed E-state index contributed by atoms with van der Waals surface area (Å²) in [5.41, 5.74) is 0. The molecule has 0 saturated carbocycles. The van der Waals surface area contributed by atoms with Gasteiger partial charge in [-0.15, -0.1) is 0 Å². The second-order valence-corrected chi connectivity index (χ2v) is 18.1. The zero-order chi connectivity index (χ0) is 45.1. The van der Waals surface area contributed by atoms with Crippen LogP contribution in [0.15, 0.2) is 36.5 Å². The number of rotatable bonds is 49. The maximum Gasteiger partial charge on any atom is 0.306 e. The van der Waals surface area contributed by atoms with E-state index in [1.165, 1.54) is 154 Å². The molecule has 0 rings (SSSR count). The van der Waals surface area contributed by atoms with Crippen molar-refractivity contribution in [1.82, 2.24) is 0 Å². The highest BCUT2D eigenvalue weighted by Gasteiger charge is 2.19. The molecule has 0 heterocycles. The molecule has 0 amide bonds. The van der Waals surface area contributed by atoms with Crippen molar-refractivity contribution in [3.05, 3.63) is 36.5 Å². The van der Waals surface area contributed by atoms with Crippen molar-refractivity contribution in [1.29, 1.82) is 0 Å². The monoisotopic (exact) mass is 871 g/mol. The fourth-order valence-electron chi connectivity index (χ4n) is 7.76. The van der Waals surface area contributed by atoms with Crippen LogP contribution in [-0.4, -0.2) is 37.2 Å². The summed E-state index contributed by atoms with van der Waals surface area (Å²) in [6, 6.07) is 0. The minimum absolute atomic E-state index is 0.0774. The summed E-state index contributed by atoms with van der Waals surface area (Å²) in [7, 11) is 0. The summed E-state index contributed by atoms with van der Waals surface area (Å²) < 4.78 is 16.8. The molecule has 1 atom stereocenters. The van der Waals surface area contributed by atoms with E-state index < -0.39 is 6.10 Å². The van der Waals surface area contributed by atoms with E-state index in [4.69, 9.17) is 14.2 Å². The molecule has 362 valence electrons. The van der Waals surface area contributed by atoms with Gasteiger partial charge in [-0.25, -0.2) is 0 Å². The Morgan fingerprint density at radius 2 is 0.581 bits per heavy atom. The molecule has 0 N–H and O–H groups in total. The van der Waals surface area contributed by atoms with E-state index in [0.29, 0.717) is 19.3 Å². The second kappa shape index (κ2) is 51.3. The molecule has 62 heavy (non-hydrogen) atoms. The molecule has 6 nitrogen and oxygen atoms in total. The predicted molar refractivity (Wildman–Crippen MR) is 266 cm³/mol. The molecule has 0 aromatic carbocycles. The Morgan fingerprint density at radius 3 is 0.935 bits per heavy atom. The summed E-state index contributed by atoms with van der Waals surface area (Å²) >= 11 is 0. The van der Waals surface area contributed by atoms with Crippen LogP contribution < -0.4 is 0 Å². The van der Waals surface area contributed by atoms with E-state index in [1.54, 1.807) is 0 Å². The molecule has 0 aliphatic heterocycles. The van der Waals surface area contributed by atoms with Crippen LogP contribution in [0.1, 0.15) is 284 Å². The third-order valence-corrected chi connectivity index (χ3v) is 11.9. The maximum atomic E-state index is 12.8. The lowest BCUT2D eigenvalue weighted by atomic mass is 10.0. The van der Waals surface area contributed by atoms with Crippen LogP contribution in [0.25, 0.3) is 0 Å². The number of ether oxygens (including phenoxy) is 3. The van der Waals surface area contributed by atoms with Crippen molar-refractivity contribution in [3.63, 3.8) is 0 Å². The quantitative estimate of drug-likeness (QED) is 0.0262. The molecule has 0 spiro atoms. The standard InChI is InChI=1S/C56H102O6/c1-4-7-10-13-16-19-22-25-27-29-31-34-37-40-43-46-49-55(58)61-52-53(51-60-54(57)48-45-42-39-36-33-30-24-21-18-15-12-9-6-3)62-56(59)50-47-44-41-38-35-32-28-26-23-20-17-14-11-8-5-2/h17,20,26-29,53H,4-16,18-19,21-25,30-52H2,1-3H3/b20-17-,28-26-,29-27-/t53-/m1/s1. The van der Waals surface area contributed by atoms with Gasteiger partial charge in [0.1, 0.15) is 13.2 Å². The average Bonchev–Trinajstić information content (AvgIpc) is 3.27. The first-order valence-corrected chi connectivity index (χ1v) is 27.0. The maximum absolute atomic E-state index is 12.8. The largest absolute Gasteiger partial charge is 0.462 e. The van der Waals surface area contributed by atoms with Gasteiger partial charge in [0, 0.05) is 19.3 Å². The van der Waals surface area contributed by atoms with Crippen LogP contribution >= 0.6 is 0 Å². The molecule has 0 aliphatic rings. The van der Waals surface area contributed by atoms with Gasteiger partial charge >= 0.3 is 17.9 Å². The van der Waals surface area contributed by atoms with E-state index in [-0.39, 0.29) is 31.1 Å². The molecule has 0 aromatic rings. The van der Waals surface area contributed by atoms with Crippen LogP contribution in [0.5, 0.6) is 0 Å². The highest BCUT2D eigenvalue weighted by atomic mass is 16.6. The van der Waals surface area contributed by atoms with E-state index in [0.717, 1.165) is 89.9 Å². The third-order valence-electron chi connectivity index (χ3n) is 11.9. The molecule has 0 aromatic heterocycles. The molecule has 0 bridgehead atoms. The van der Waals surface area contributed by atoms with Crippen LogP contribution in [-0.2, 0) is 28.6 Å². The smallest absolute Gasteiger partial charge is 0.306 e. The average molecular weight is 871 g/mol. The lowest BCUT2D eigenvalue weighted by molar-refractivity contribution is -0.167. The zero-order valence-corrected chi connectivity index (χ0v) is 41.4. The summed E-state index contributed by atoms with van der Waals surface area (Å²) in [4.78, 5) is 38.0. The van der Waals surface area contributed by atoms with E-state index in [2.05, 4.69) is 57.2 Å². The lowest BCUT2D eigenvalue weighted by Crippen LogP contribution is -2.30. The van der Waals surface area contributed by atoms with Gasteiger partial charge in [-0.3, -0.25) is 14.4 Å². The Labute approximate surface area is 385 Å². The van der Waals surface area contributed by atoms with Gasteiger partial charge < -0.3 is 14.2 Å². The summed E-state index contributed by atoms with van der Waals surface area (Å²) in [5.74, 6) is -0.888. The highest BCUT2D eigenvalue weighted by molar-refractivity contribution is 5.71. The van der Waals surface area contributed by atoms with Crippen LogP contribution in [0, 0.1) is 0 Å². The van der Waals surface area contributed by atoms with E-state index in [9.17, 15) is 14.4 Å². The number of carbonyl (C=O) groups excluding carboxylic acids is 3. The van der Waals surface area contributed by atoms with Gasteiger partial charge in [-0.2, -0.15) is 0 Å². The number of carbonyl (C=O) groups is 3. The minimum atomic E-state index is -0.779. The molecule has 0 saturated heterocycles. The molecular formula is C56H102O6. The van der Waals surface area contributed by atoms with Crippen molar-refractivity contribution in [2.24, 2.45) is 0 Å². The molecule has 0 radical (unpaired) electrons. The first kappa shape index (κ1) is 59.6. The van der Waals surface area contributed by atoms with Crippen molar-refractivity contribution >= 4 is 17.9 Å². The number of esters is 3. The zero-order valence-electron chi connectivity index (χ0n) is 41.4. The fourth-order valence-corrected chi connectivity index (χ4v) is 7.76. The highest BCUT2D eigenvalue weighted by Crippen LogP contribution is 2.15. The Balaban J connectivity index is 4.38. The van der Waals surface area contributed by atoms with Crippen molar-refractivity contribution in [2.45, 2.75) is 290 Å². The number of hydrogen-bond acceptors (Lipinski definition) is 6. The minimum Gasteiger partial charge on any atom is -0.462 e. The van der Waals surface area contributed by atoms with Gasteiger partial charge in [0.25, 0.3) is 0 Å². The predicted octanol–water partition coefficient (Wildman–Crippen LogP) is 17.7. The molecule has 0 aliphatic carbocycles. The van der Waals surface area contributed by atoms with Gasteiger partial charge in [0.2, 0.25) is 0 Å². The first-order chi connectivity index (χ1) is 30.5. The van der Waals surface area contributed by atoms with Gasteiger partial charge in [-0.1, -0.05) is 224 Å². The molecule has 0 fully saturated rings. The first-order valence-electron chi connectivity index (χ1n) is 27.0. The Kier molecular flexibility index (Phi) is 49.3. The van der Waals surface area contributed by atoms with Gasteiger partial charge in [0.15, 0.2) is 6.10 Å². The Morgan fingerprint density at radius 1 is 0.323 bits per heavy atom. The lowest BCUT2D eigenvalue weighted by Gasteiger charge is -2.18. The summed E-state index contributed by atoms with van der Waals surface area (Å²) in [5, 5.41) is 0. The topological polar surface area (TPSA) is 78.9 Å². The van der Waals surface area contributed by atoms with E-state index in [1.807, 2.05) is 0 Å². The van der Waals surface area contributed by atoms with Gasteiger partial charge in [-0.05, 0) is 77.0 Å².